The highest BCUT2D eigenvalue weighted by Gasteiger charge is 2.20. The molecule has 0 radical (unpaired) electrons. The van der Waals surface area contributed by atoms with E-state index in [0.717, 1.165) is 49.1 Å². The van der Waals surface area contributed by atoms with Crippen LogP contribution in [0, 0.1) is 13.8 Å². The zero-order valence-corrected chi connectivity index (χ0v) is 17.5. The molecule has 1 aromatic heterocycles. The van der Waals surface area contributed by atoms with E-state index in [4.69, 9.17) is 4.42 Å². The Morgan fingerprint density at radius 3 is 2.53 bits per heavy atom. The summed E-state index contributed by atoms with van der Waals surface area (Å²) in [5.74, 6) is 0. The summed E-state index contributed by atoms with van der Waals surface area (Å²) in [4.78, 5) is 17.1. The summed E-state index contributed by atoms with van der Waals surface area (Å²) < 4.78 is 5.52. The highest BCUT2D eigenvalue weighted by molar-refractivity contribution is 6.07. The molecule has 4 aromatic rings. The zero-order chi connectivity index (χ0) is 20.7. The molecule has 30 heavy (non-hydrogen) atoms. The second-order valence-corrected chi connectivity index (χ2v) is 8.23. The van der Waals surface area contributed by atoms with E-state index in [-0.39, 0.29) is 5.63 Å². The van der Waals surface area contributed by atoms with E-state index >= 15 is 0 Å². The summed E-state index contributed by atoms with van der Waals surface area (Å²) in [7, 11) is 0. The van der Waals surface area contributed by atoms with E-state index in [9.17, 15) is 4.79 Å². The summed E-state index contributed by atoms with van der Waals surface area (Å²) in [5, 5.41) is 3.37. The van der Waals surface area contributed by atoms with Gasteiger partial charge in [-0.05, 0) is 53.4 Å². The van der Waals surface area contributed by atoms with Crippen molar-refractivity contribution in [3.05, 3.63) is 87.8 Å². The fourth-order valence-electron chi connectivity index (χ4n) is 4.61. The molecular formula is C26H26N2O2. The van der Waals surface area contributed by atoms with E-state index in [1.807, 2.05) is 24.3 Å². The van der Waals surface area contributed by atoms with Gasteiger partial charge in [0.05, 0.1) is 0 Å². The van der Waals surface area contributed by atoms with Crippen LogP contribution in [0.5, 0.6) is 0 Å². The van der Waals surface area contributed by atoms with Crippen LogP contribution in [0.2, 0.25) is 0 Å². The van der Waals surface area contributed by atoms with Crippen LogP contribution in [0.15, 0.2) is 69.9 Å². The van der Waals surface area contributed by atoms with E-state index in [1.165, 1.54) is 22.2 Å². The Morgan fingerprint density at radius 2 is 1.70 bits per heavy atom. The predicted molar refractivity (Wildman–Crippen MR) is 123 cm³/mol. The van der Waals surface area contributed by atoms with Crippen LogP contribution in [0.3, 0.4) is 0 Å². The molecule has 0 saturated carbocycles. The first kappa shape index (κ1) is 18.9. The molecule has 0 bridgehead atoms. The standard InChI is InChI=1S/C26H26N2O2/c1-18-6-5-9-23(19(18)2)28-14-12-27(13-15-28)17-21-16-25(29)30-24-11-10-20-7-3-4-8-22(20)26(21)24/h3-11,16H,12-15,17H2,1-2H3. The summed E-state index contributed by atoms with van der Waals surface area (Å²) in [6.45, 7) is 9.06. The molecule has 1 fully saturated rings. The molecule has 1 saturated heterocycles. The minimum absolute atomic E-state index is 0.276. The highest BCUT2D eigenvalue weighted by Crippen LogP contribution is 2.29. The Labute approximate surface area is 176 Å². The maximum absolute atomic E-state index is 12.2. The van der Waals surface area contributed by atoms with Crippen LogP contribution in [0.1, 0.15) is 16.7 Å². The number of anilines is 1. The molecule has 0 aliphatic carbocycles. The van der Waals surface area contributed by atoms with Crippen LogP contribution in [-0.4, -0.2) is 31.1 Å². The molecule has 4 heteroatoms. The molecule has 0 amide bonds. The molecule has 2 heterocycles. The highest BCUT2D eigenvalue weighted by atomic mass is 16.4. The van der Waals surface area contributed by atoms with Gasteiger partial charge < -0.3 is 9.32 Å². The van der Waals surface area contributed by atoms with Crippen LogP contribution in [0.4, 0.5) is 5.69 Å². The van der Waals surface area contributed by atoms with Gasteiger partial charge in [0.25, 0.3) is 0 Å². The molecule has 1 aliphatic rings. The van der Waals surface area contributed by atoms with Gasteiger partial charge in [-0.25, -0.2) is 4.79 Å². The van der Waals surface area contributed by atoms with Crippen molar-refractivity contribution in [1.82, 2.24) is 4.90 Å². The minimum atomic E-state index is -0.276. The maximum atomic E-state index is 12.2. The predicted octanol–water partition coefficient (Wildman–Crippen LogP) is 4.89. The minimum Gasteiger partial charge on any atom is -0.423 e. The number of fused-ring (bicyclic) bond motifs is 3. The molecule has 0 unspecified atom stereocenters. The molecule has 0 N–H and O–H groups in total. The second kappa shape index (κ2) is 7.62. The molecule has 0 spiro atoms. The van der Waals surface area contributed by atoms with Gasteiger partial charge in [0.15, 0.2) is 0 Å². The van der Waals surface area contributed by atoms with Gasteiger partial charge in [-0.2, -0.15) is 0 Å². The van der Waals surface area contributed by atoms with Gasteiger partial charge in [0, 0.05) is 49.9 Å². The molecule has 152 valence electrons. The van der Waals surface area contributed by atoms with E-state index < -0.39 is 0 Å². The number of nitrogens with zero attached hydrogens (tertiary/aromatic N) is 2. The summed E-state index contributed by atoms with van der Waals surface area (Å²) >= 11 is 0. The first-order valence-corrected chi connectivity index (χ1v) is 10.6. The van der Waals surface area contributed by atoms with Crippen molar-refractivity contribution in [3.8, 4) is 0 Å². The Bertz CT molecular complexity index is 1280. The average Bonchev–Trinajstić information content (AvgIpc) is 2.76. The van der Waals surface area contributed by atoms with Gasteiger partial charge in [-0.3, -0.25) is 4.90 Å². The maximum Gasteiger partial charge on any atom is 0.336 e. The third-order valence-electron chi connectivity index (χ3n) is 6.40. The van der Waals surface area contributed by atoms with Crippen molar-refractivity contribution >= 4 is 27.4 Å². The third-order valence-corrected chi connectivity index (χ3v) is 6.40. The normalized spacial score (nSPS) is 15.2. The van der Waals surface area contributed by atoms with Crippen molar-refractivity contribution < 1.29 is 4.42 Å². The summed E-state index contributed by atoms with van der Waals surface area (Å²) in [6, 6.07) is 20.4. The van der Waals surface area contributed by atoms with E-state index in [2.05, 4.69) is 54.0 Å². The fourth-order valence-corrected chi connectivity index (χ4v) is 4.61. The topological polar surface area (TPSA) is 36.7 Å². The Balaban J connectivity index is 1.42. The molecule has 0 atom stereocenters. The van der Waals surface area contributed by atoms with Crippen molar-refractivity contribution in [2.45, 2.75) is 20.4 Å². The van der Waals surface area contributed by atoms with E-state index in [1.54, 1.807) is 6.07 Å². The van der Waals surface area contributed by atoms with Crippen LogP contribution >= 0.6 is 0 Å². The quantitative estimate of drug-likeness (QED) is 0.364. The van der Waals surface area contributed by atoms with Crippen molar-refractivity contribution in [1.29, 1.82) is 0 Å². The Hall–Kier alpha value is -3.11. The van der Waals surface area contributed by atoms with Crippen LogP contribution in [-0.2, 0) is 6.54 Å². The van der Waals surface area contributed by atoms with Gasteiger partial charge in [0.1, 0.15) is 5.58 Å². The lowest BCUT2D eigenvalue weighted by molar-refractivity contribution is 0.250. The van der Waals surface area contributed by atoms with Gasteiger partial charge in [-0.1, -0.05) is 42.5 Å². The number of piperazine rings is 1. The first-order chi connectivity index (χ1) is 14.6. The smallest absolute Gasteiger partial charge is 0.336 e. The van der Waals surface area contributed by atoms with E-state index in [0.29, 0.717) is 5.58 Å². The van der Waals surface area contributed by atoms with Crippen molar-refractivity contribution in [3.63, 3.8) is 0 Å². The lowest BCUT2D eigenvalue weighted by atomic mass is 10.0. The Kier molecular flexibility index (Phi) is 4.80. The van der Waals surface area contributed by atoms with Crippen LogP contribution in [0.25, 0.3) is 21.7 Å². The van der Waals surface area contributed by atoms with Gasteiger partial charge >= 0.3 is 5.63 Å². The number of hydrogen-bond acceptors (Lipinski definition) is 4. The Morgan fingerprint density at radius 1 is 0.900 bits per heavy atom. The largest absolute Gasteiger partial charge is 0.423 e. The lowest BCUT2D eigenvalue weighted by Gasteiger charge is -2.37. The number of benzene rings is 3. The number of hydrogen-bond donors (Lipinski definition) is 0. The average molecular weight is 399 g/mol. The monoisotopic (exact) mass is 398 g/mol. The number of rotatable bonds is 3. The summed E-state index contributed by atoms with van der Waals surface area (Å²) in [5.41, 5.74) is 5.49. The molecular weight excluding hydrogens is 372 g/mol. The summed E-state index contributed by atoms with van der Waals surface area (Å²) in [6.07, 6.45) is 0. The van der Waals surface area contributed by atoms with Gasteiger partial charge in [0.2, 0.25) is 0 Å². The fraction of sp³-hybridized carbons (Fsp3) is 0.269. The molecule has 1 aliphatic heterocycles. The molecule has 5 rings (SSSR count). The number of aryl methyl sites for hydroxylation is 1. The third kappa shape index (κ3) is 3.37. The zero-order valence-electron chi connectivity index (χ0n) is 17.5. The lowest BCUT2D eigenvalue weighted by Crippen LogP contribution is -2.46. The van der Waals surface area contributed by atoms with Gasteiger partial charge in [-0.15, -0.1) is 0 Å². The molecule has 4 nitrogen and oxygen atoms in total. The van der Waals surface area contributed by atoms with Crippen molar-refractivity contribution in [2.75, 3.05) is 31.1 Å². The van der Waals surface area contributed by atoms with Crippen LogP contribution < -0.4 is 10.5 Å². The van der Waals surface area contributed by atoms with Crippen molar-refractivity contribution in [2.24, 2.45) is 0 Å². The second-order valence-electron chi connectivity index (χ2n) is 8.23. The SMILES string of the molecule is Cc1cccc(N2CCN(Cc3cc(=O)oc4ccc5ccccc5c34)CC2)c1C. The first-order valence-electron chi connectivity index (χ1n) is 10.6. The molecule has 3 aromatic carbocycles.